The van der Waals surface area contributed by atoms with Gasteiger partial charge in [-0.1, -0.05) is 18.2 Å². The van der Waals surface area contributed by atoms with Crippen LogP contribution in [0.4, 0.5) is 5.69 Å². The number of aliphatic hydroxyl groups excluding tert-OH is 1. The Morgan fingerprint density at radius 1 is 1.21 bits per heavy atom. The van der Waals surface area contributed by atoms with Crippen molar-refractivity contribution in [3.63, 3.8) is 0 Å². The zero-order valence-electron chi connectivity index (χ0n) is 14.6. The standard InChI is InChI=1S/C19H28N2O3/c1-20(15-6-4-3-5-7-15)16-8-10-21(11-9-16)17-12-14(13-18(17)22)19(23)24-2/h3-7,14,16-18,22H,8-13H2,1-2H3/t14-,17+,18+/m0/s1. The SMILES string of the molecule is COC(=O)[C@@H]1C[C@@H](O)[C@H](N2CCC(N(C)c3ccccc3)CC2)C1. The number of hydrogen-bond donors (Lipinski definition) is 1. The molecule has 5 nitrogen and oxygen atoms in total. The smallest absolute Gasteiger partial charge is 0.308 e. The van der Waals surface area contributed by atoms with Gasteiger partial charge >= 0.3 is 5.97 Å². The summed E-state index contributed by atoms with van der Waals surface area (Å²) in [5, 5.41) is 10.3. The molecule has 1 heterocycles. The molecular weight excluding hydrogens is 304 g/mol. The molecule has 1 aliphatic heterocycles. The third-order valence-corrected chi connectivity index (χ3v) is 5.71. The number of rotatable bonds is 4. The molecule has 3 rings (SSSR count). The molecule has 0 radical (unpaired) electrons. The van der Waals surface area contributed by atoms with Crippen molar-refractivity contribution in [2.75, 3.05) is 32.1 Å². The number of likely N-dealkylation sites (tertiary alicyclic amines) is 1. The molecule has 1 saturated heterocycles. The van der Waals surface area contributed by atoms with Gasteiger partial charge in [0.05, 0.1) is 19.1 Å². The number of hydrogen-bond acceptors (Lipinski definition) is 5. The minimum absolute atomic E-state index is 0.0945. The van der Waals surface area contributed by atoms with Gasteiger partial charge in [0.1, 0.15) is 0 Å². The maximum absolute atomic E-state index is 11.7. The van der Waals surface area contributed by atoms with E-state index in [1.807, 2.05) is 6.07 Å². The highest BCUT2D eigenvalue weighted by Crippen LogP contribution is 2.33. The van der Waals surface area contributed by atoms with Gasteiger partial charge in [0.2, 0.25) is 0 Å². The monoisotopic (exact) mass is 332 g/mol. The number of esters is 1. The van der Waals surface area contributed by atoms with E-state index in [2.05, 4.69) is 41.1 Å². The summed E-state index contributed by atoms with van der Waals surface area (Å²) in [6, 6.07) is 11.1. The molecule has 1 N–H and O–H groups in total. The van der Waals surface area contributed by atoms with Crippen LogP contribution in [0.1, 0.15) is 25.7 Å². The molecular formula is C19H28N2O3. The van der Waals surface area contributed by atoms with Crippen molar-refractivity contribution in [3.05, 3.63) is 30.3 Å². The molecule has 1 saturated carbocycles. The van der Waals surface area contributed by atoms with Crippen LogP contribution in [0.3, 0.4) is 0 Å². The molecule has 0 amide bonds. The number of nitrogens with zero attached hydrogens (tertiary/aromatic N) is 2. The summed E-state index contributed by atoms with van der Waals surface area (Å²) < 4.78 is 4.84. The van der Waals surface area contributed by atoms with Crippen LogP contribution in [0, 0.1) is 5.92 Å². The van der Waals surface area contributed by atoms with Crippen molar-refractivity contribution >= 4 is 11.7 Å². The van der Waals surface area contributed by atoms with Crippen molar-refractivity contribution in [2.24, 2.45) is 5.92 Å². The number of aliphatic hydroxyl groups is 1. The zero-order chi connectivity index (χ0) is 17.1. The number of carbonyl (C=O) groups is 1. The quantitative estimate of drug-likeness (QED) is 0.854. The fraction of sp³-hybridized carbons (Fsp3) is 0.632. The number of piperidine rings is 1. The predicted molar refractivity (Wildman–Crippen MR) is 94.0 cm³/mol. The molecule has 0 aromatic heterocycles. The van der Waals surface area contributed by atoms with E-state index in [0.717, 1.165) is 25.9 Å². The maximum atomic E-state index is 11.7. The number of para-hydroxylation sites is 1. The Balaban J connectivity index is 1.55. The average molecular weight is 332 g/mol. The van der Waals surface area contributed by atoms with Gasteiger partial charge in [-0.15, -0.1) is 0 Å². The fourth-order valence-electron chi connectivity index (χ4n) is 4.22. The summed E-state index contributed by atoms with van der Waals surface area (Å²) in [6.07, 6.45) is 2.99. The second-order valence-electron chi connectivity index (χ2n) is 7.04. The summed E-state index contributed by atoms with van der Waals surface area (Å²) in [5.74, 6) is -0.338. The second kappa shape index (κ2) is 7.53. The van der Waals surface area contributed by atoms with Crippen molar-refractivity contribution in [3.8, 4) is 0 Å². The van der Waals surface area contributed by atoms with E-state index in [-0.39, 0.29) is 17.9 Å². The molecule has 1 aromatic rings. The van der Waals surface area contributed by atoms with Crippen LogP contribution in [0.2, 0.25) is 0 Å². The number of ether oxygens (including phenoxy) is 1. The van der Waals surface area contributed by atoms with Crippen molar-refractivity contribution in [2.45, 2.75) is 43.9 Å². The Kier molecular flexibility index (Phi) is 5.41. The summed E-state index contributed by atoms with van der Waals surface area (Å²) in [7, 11) is 3.58. The number of anilines is 1. The number of methoxy groups -OCH3 is 1. The average Bonchev–Trinajstić information content (AvgIpc) is 3.03. The lowest BCUT2D eigenvalue weighted by atomic mass is 10.00. The summed E-state index contributed by atoms with van der Waals surface area (Å²) >= 11 is 0. The molecule has 0 spiro atoms. The predicted octanol–water partition coefficient (Wildman–Crippen LogP) is 1.90. The first-order valence-electron chi connectivity index (χ1n) is 8.88. The highest BCUT2D eigenvalue weighted by atomic mass is 16.5. The first-order chi connectivity index (χ1) is 11.6. The summed E-state index contributed by atoms with van der Waals surface area (Å²) in [6.45, 7) is 1.94. The van der Waals surface area contributed by atoms with Gasteiger partial charge in [-0.25, -0.2) is 0 Å². The van der Waals surface area contributed by atoms with Crippen LogP contribution < -0.4 is 4.90 Å². The van der Waals surface area contributed by atoms with Crippen LogP contribution in [0.25, 0.3) is 0 Å². The van der Waals surface area contributed by atoms with Crippen LogP contribution in [-0.2, 0) is 9.53 Å². The largest absolute Gasteiger partial charge is 0.469 e. The van der Waals surface area contributed by atoms with Gasteiger partial charge in [0.25, 0.3) is 0 Å². The molecule has 0 unspecified atom stereocenters. The number of benzene rings is 1. The van der Waals surface area contributed by atoms with E-state index in [9.17, 15) is 9.90 Å². The van der Waals surface area contributed by atoms with Gasteiger partial charge in [-0.2, -0.15) is 0 Å². The normalized spacial score (nSPS) is 28.7. The second-order valence-corrected chi connectivity index (χ2v) is 7.04. The molecule has 0 bridgehead atoms. The minimum Gasteiger partial charge on any atom is -0.469 e. The van der Waals surface area contributed by atoms with Crippen LogP contribution in [0.5, 0.6) is 0 Å². The molecule has 2 fully saturated rings. The summed E-state index contributed by atoms with van der Waals surface area (Å²) in [5.41, 5.74) is 1.25. The molecule has 132 valence electrons. The third kappa shape index (κ3) is 3.57. The van der Waals surface area contributed by atoms with E-state index in [4.69, 9.17) is 4.74 Å². The Bertz CT molecular complexity index is 543. The van der Waals surface area contributed by atoms with E-state index < -0.39 is 6.10 Å². The van der Waals surface area contributed by atoms with E-state index >= 15 is 0 Å². The Morgan fingerprint density at radius 3 is 2.50 bits per heavy atom. The third-order valence-electron chi connectivity index (χ3n) is 5.71. The van der Waals surface area contributed by atoms with Crippen molar-refractivity contribution in [1.82, 2.24) is 4.90 Å². The van der Waals surface area contributed by atoms with E-state index in [1.54, 1.807) is 0 Å². The van der Waals surface area contributed by atoms with Crippen molar-refractivity contribution < 1.29 is 14.6 Å². The van der Waals surface area contributed by atoms with Crippen LogP contribution >= 0.6 is 0 Å². The van der Waals surface area contributed by atoms with Gasteiger partial charge in [-0.05, 0) is 37.8 Å². The Hall–Kier alpha value is -1.59. The topological polar surface area (TPSA) is 53.0 Å². The molecule has 1 aliphatic carbocycles. The first kappa shape index (κ1) is 17.2. The highest BCUT2D eigenvalue weighted by molar-refractivity contribution is 5.72. The highest BCUT2D eigenvalue weighted by Gasteiger charge is 2.41. The fourth-order valence-corrected chi connectivity index (χ4v) is 4.22. The van der Waals surface area contributed by atoms with Gasteiger partial charge in [-0.3, -0.25) is 9.69 Å². The van der Waals surface area contributed by atoms with Gasteiger partial charge in [0, 0.05) is 37.9 Å². The lowest BCUT2D eigenvalue weighted by Crippen LogP contribution is -2.49. The first-order valence-corrected chi connectivity index (χ1v) is 8.88. The lowest BCUT2D eigenvalue weighted by Gasteiger charge is -2.41. The van der Waals surface area contributed by atoms with Gasteiger partial charge < -0.3 is 14.7 Å². The zero-order valence-corrected chi connectivity index (χ0v) is 14.6. The maximum Gasteiger partial charge on any atom is 0.308 e. The van der Waals surface area contributed by atoms with Crippen LogP contribution in [0.15, 0.2) is 30.3 Å². The molecule has 1 aromatic carbocycles. The van der Waals surface area contributed by atoms with E-state index in [1.165, 1.54) is 12.8 Å². The molecule has 3 atom stereocenters. The number of carbonyl (C=O) groups excluding carboxylic acids is 1. The molecule has 24 heavy (non-hydrogen) atoms. The van der Waals surface area contributed by atoms with Gasteiger partial charge in [0.15, 0.2) is 0 Å². The molecule has 5 heteroatoms. The van der Waals surface area contributed by atoms with E-state index in [0.29, 0.717) is 18.9 Å². The minimum atomic E-state index is -0.419. The molecule has 2 aliphatic rings. The van der Waals surface area contributed by atoms with Crippen molar-refractivity contribution in [1.29, 1.82) is 0 Å². The van der Waals surface area contributed by atoms with Crippen LogP contribution in [-0.4, -0.2) is 61.4 Å². The lowest BCUT2D eigenvalue weighted by molar-refractivity contribution is -0.145. The Labute approximate surface area is 144 Å². The summed E-state index contributed by atoms with van der Waals surface area (Å²) in [4.78, 5) is 16.5. The Morgan fingerprint density at radius 2 is 1.88 bits per heavy atom.